The van der Waals surface area contributed by atoms with E-state index in [-0.39, 0.29) is 5.75 Å². The van der Waals surface area contributed by atoms with Crippen molar-refractivity contribution in [2.45, 2.75) is 25.3 Å². The lowest BCUT2D eigenvalue weighted by Gasteiger charge is -2.32. The van der Waals surface area contributed by atoms with E-state index in [0.717, 1.165) is 50.3 Å². The molecule has 1 fully saturated rings. The van der Waals surface area contributed by atoms with Gasteiger partial charge in [-0.25, -0.2) is 8.42 Å². The molecule has 6 heteroatoms. The van der Waals surface area contributed by atoms with Gasteiger partial charge in [-0.15, -0.1) is 0 Å². The molecule has 0 spiro atoms. The second kappa shape index (κ2) is 7.83. The molecule has 1 saturated heterocycles. The molecule has 0 aliphatic carbocycles. The van der Waals surface area contributed by atoms with Gasteiger partial charge >= 0.3 is 0 Å². The summed E-state index contributed by atoms with van der Waals surface area (Å²) in [6, 6.07) is 8.47. The minimum atomic E-state index is -2.83. The molecular formula is C16H26N2O3S. The minimum Gasteiger partial charge on any atom is -0.497 e. The van der Waals surface area contributed by atoms with Crippen molar-refractivity contribution in [2.75, 3.05) is 44.1 Å². The van der Waals surface area contributed by atoms with Crippen LogP contribution in [-0.4, -0.2) is 58.1 Å². The highest BCUT2D eigenvalue weighted by molar-refractivity contribution is 7.90. The number of nitrogens with one attached hydrogen (secondary N) is 1. The van der Waals surface area contributed by atoms with E-state index < -0.39 is 9.84 Å². The van der Waals surface area contributed by atoms with E-state index >= 15 is 0 Å². The Bertz CT molecular complexity index is 567. The summed E-state index contributed by atoms with van der Waals surface area (Å²) in [6.07, 6.45) is 4.19. The number of anilines is 1. The molecule has 2 rings (SSSR count). The molecule has 1 aliphatic heterocycles. The lowest BCUT2D eigenvalue weighted by atomic mass is 10.0. The highest BCUT2D eigenvalue weighted by Crippen LogP contribution is 2.20. The fourth-order valence-corrected chi connectivity index (χ4v) is 3.45. The maximum Gasteiger partial charge on any atom is 0.147 e. The first-order chi connectivity index (χ1) is 10.5. The number of sulfone groups is 1. The SMILES string of the molecule is COc1cccc(NC2CCN(CCCS(C)(=O)=O)CC2)c1. The first-order valence-corrected chi connectivity index (χ1v) is 9.83. The smallest absolute Gasteiger partial charge is 0.147 e. The van der Waals surface area contributed by atoms with Gasteiger partial charge in [0.05, 0.1) is 12.9 Å². The molecule has 22 heavy (non-hydrogen) atoms. The molecule has 0 atom stereocenters. The van der Waals surface area contributed by atoms with E-state index in [1.807, 2.05) is 18.2 Å². The molecule has 1 aromatic carbocycles. The van der Waals surface area contributed by atoms with Gasteiger partial charge in [-0.1, -0.05) is 6.07 Å². The van der Waals surface area contributed by atoms with Gasteiger partial charge in [-0.2, -0.15) is 0 Å². The molecule has 1 heterocycles. The zero-order valence-corrected chi connectivity index (χ0v) is 14.2. The molecule has 0 amide bonds. The second-order valence-corrected chi connectivity index (χ2v) is 8.24. The monoisotopic (exact) mass is 326 g/mol. The molecule has 1 aliphatic rings. The number of methoxy groups -OCH3 is 1. The summed E-state index contributed by atoms with van der Waals surface area (Å²) in [5.41, 5.74) is 1.09. The van der Waals surface area contributed by atoms with Gasteiger partial charge in [0.15, 0.2) is 0 Å². The predicted octanol–water partition coefficient (Wildman–Crippen LogP) is 2.01. The van der Waals surface area contributed by atoms with Crippen LogP contribution in [0.25, 0.3) is 0 Å². The molecule has 0 radical (unpaired) electrons. The Morgan fingerprint density at radius 2 is 2.05 bits per heavy atom. The Morgan fingerprint density at radius 3 is 2.68 bits per heavy atom. The summed E-state index contributed by atoms with van der Waals surface area (Å²) >= 11 is 0. The van der Waals surface area contributed by atoms with E-state index in [0.29, 0.717) is 6.04 Å². The normalized spacial score (nSPS) is 17.4. The number of hydrogen-bond donors (Lipinski definition) is 1. The summed E-state index contributed by atoms with van der Waals surface area (Å²) < 4.78 is 27.5. The van der Waals surface area contributed by atoms with Crippen molar-refractivity contribution in [1.29, 1.82) is 0 Å². The van der Waals surface area contributed by atoms with Gasteiger partial charge in [0, 0.05) is 37.1 Å². The van der Waals surface area contributed by atoms with Gasteiger partial charge in [0.1, 0.15) is 15.6 Å². The van der Waals surface area contributed by atoms with Crippen molar-refractivity contribution >= 4 is 15.5 Å². The van der Waals surface area contributed by atoms with Crippen LogP contribution >= 0.6 is 0 Å². The van der Waals surface area contributed by atoms with Gasteiger partial charge in [0.2, 0.25) is 0 Å². The van der Waals surface area contributed by atoms with Crippen LogP contribution in [0.1, 0.15) is 19.3 Å². The van der Waals surface area contributed by atoms with E-state index in [1.54, 1.807) is 7.11 Å². The summed E-state index contributed by atoms with van der Waals surface area (Å²) in [4.78, 5) is 2.36. The quantitative estimate of drug-likeness (QED) is 0.830. The van der Waals surface area contributed by atoms with Crippen LogP contribution in [0, 0.1) is 0 Å². The van der Waals surface area contributed by atoms with Crippen molar-refractivity contribution < 1.29 is 13.2 Å². The van der Waals surface area contributed by atoms with Crippen molar-refractivity contribution in [3.63, 3.8) is 0 Å². The summed E-state index contributed by atoms with van der Waals surface area (Å²) in [6.45, 7) is 2.91. The van der Waals surface area contributed by atoms with Gasteiger partial charge in [-0.05, 0) is 37.9 Å². The molecule has 1 aromatic rings. The number of piperidine rings is 1. The van der Waals surface area contributed by atoms with Crippen LogP contribution in [-0.2, 0) is 9.84 Å². The number of nitrogens with zero attached hydrogens (tertiary/aromatic N) is 1. The highest BCUT2D eigenvalue weighted by Gasteiger charge is 2.19. The van der Waals surface area contributed by atoms with Crippen molar-refractivity contribution in [3.8, 4) is 5.75 Å². The topological polar surface area (TPSA) is 58.6 Å². The Hall–Kier alpha value is -1.27. The first-order valence-electron chi connectivity index (χ1n) is 7.77. The van der Waals surface area contributed by atoms with E-state index in [2.05, 4.69) is 16.3 Å². The number of hydrogen-bond acceptors (Lipinski definition) is 5. The lowest BCUT2D eigenvalue weighted by Crippen LogP contribution is -2.39. The van der Waals surface area contributed by atoms with Gasteiger partial charge < -0.3 is 15.0 Å². The number of ether oxygens (including phenoxy) is 1. The predicted molar refractivity (Wildman–Crippen MR) is 90.4 cm³/mol. The molecule has 1 N–H and O–H groups in total. The molecule has 0 unspecified atom stereocenters. The third-order valence-corrected chi connectivity index (χ3v) is 5.05. The molecule has 124 valence electrons. The summed E-state index contributed by atoms with van der Waals surface area (Å²) in [5, 5.41) is 3.55. The van der Waals surface area contributed by atoms with Crippen molar-refractivity contribution in [1.82, 2.24) is 4.90 Å². The standard InChI is InChI=1S/C16H26N2O3S/c1-21-16-6-3-5-15(13-16)17-14-7-10-18(11-8-14)9-4-12-22(2,19)20/h3,5-6,13-14,17H,4,7-12H2,1-2H3. The number of benzene rings is 1. The van der Waals surface area contributed by atoms with Crippen LogP contribution in [0.2, 0.25) is 0 Å². The zero-order valence-electron chi connectivity index (χ0n) is 13.4. The van der Waals surface area contributed by atoms with Crippen LogP contribution in [0.3, 0.4) is 0 Å². The van der Waals surface area contributed by atoms with Crippen LogP contribution < -0.4 is 10.1 Å². The molecule has 0 saturated carbocycles. The van der Waals surface area contributed by atoms with E-state index in [9.17, 15) is 8.42 Å². The van der Waals surface area contributed by atoms with E-state index in [1.165, 1.54) is 6.26 Å². The highest BCUT2D eigenvalue weighted by atomic mass is 32.2. The largest absolute Gasteiger partial charge is 0.497 e. The fraction of sp³-hybridized carbons (Fsp3) is 0.625. The van der Waals surface area contributed by atoms with Gasteiger partial charge in [-0.3, -0.25) is 0 Å². The second-order valence-electron chi connectivity index (χ2n) is 5.98. The Kier molecular flexibility index (Phi) is 6.08. The van der Waals surface area contributed by atoms with Gasteiger partial charge in [0.25, 0.3) is 0 Å². The maximum absolute atomic E-state index is 11.1. The Balaban J connectivity index is 1.72. The fourth-order valence-electron chi connectivity index (χ4n) is 2.80. The number of likely N-dealkylation sites (tertiary alicyclic amines) is 1. The summed E-state index contributed by atoms with van der Waals surface area (Å²) in [7, 11) is -1.16. The average Bonchev–Trinajstić information content (AvgIpc) is 2.48. The number of rotatable bonds is 7. The lowest BCUT2D eigenvalue weighted by molar-refractivity contribution is 0.220. The Morgan fingerprint density at radius 1 is 1.32 bits per heavy atom. The average molecular weight is 326 g/mol. The third kappa shape index (κ3) is 5.85. The van der Waals surface area contributed by atoms with E-state index in [4.69, 9.17) is 4.74 Å². The van der Waals surface area contributed by atoms with Crippen molar-refractivity contribution in [2.24, 2.45) is 0 Å². The summed E-state index contributed by atoms with van der Waals surface area (Å²) in [5.74, 6) is 1.15. The zero-order chi connectivity index (χ0) is 16.0. The molecule has 5 nitrogen and oxygen atoms in total. The molecular weight excluding hydrogens is 300 g/mol. The molecule has 0 aromatic heterocycles. The van der Waals surface area contributed by atoms with Crippen LogP contribution in [0.5, 0.6) is 5.75 Å². The van der Waals surface area contributed by atoms with Crippen LogP contribution in [0.4, 0.5) is 5.69 Å². The maximum atomic E-state index is 11.1. The first kappa shape index (κ1) is 17.1. The minimum absolute atomic E-state index is 0.287. The van der Waals surface area contributed by atoms with Crippen LogP contribution in [0.15, 0.2) is 24.3 Å². The molecule has 0 bridgehead atoms. The van der Waals surface area contributed by atoms with Crippen molar-refractivity contribution in [3.05, 3.63) is 24.3 Å². The third-order valence-electron chi connectivity index (χ3n) is 4.02. The Labute approximate surface area is 133 Å².